The third-order valence-electron chi connectivity index (χ3n) is 7.55. The number of carbonyl (C=O) groups excluding carboxylic acids is 5. The largest absolute Gasteiger partial charge is 0.371 e. The molecule has 2 fully saturated rings. The van der Waals surface area contributed by atoms with Gasteiger partial charge in [0.2, 0.25) is 11.8 Å². The van der Waals surface area contributed by atoms with Crippen molar-refractivity contribution < 1.29 is 28.4 Å². The Balaban J connectivity index is 1.28. The van der Waals surface area contributed by atoms with Crippen molar-refractivity contribution in [2.24, 2.45) is 5.41 Å². The number of rotatable bonds is 5. The highest BCUT2D eigenvalue weighted by Gasteiger charge is 2.46. The molecule has 10 heteroatoms. The molecule has 1 unspecified atom stereocenters. The lowest BCUT2D eigenvalue weighted by Gasteiger charge is -2.41. The van der Waals surface area contributed by atoms with E-state index in [2.05, 4.69) is 17.6 Å². The number of carbonyl (C=O) groups is 5. The molecule has 37 heavy (non-hydrogen) atoms. The Hall–Kier alpha value is -4.08. The number of anilines is 1. The van der Waals surface area contributed by atoms with Gasteiger partial charge in [0.15, 0.2) is 0 Å². The molecular formula is C27H27FN4O5. The van der Waals surface area contributed by atoms with Crippen molar-refractivity contribution in [1.82, 2.24) is 15.5 Å². The quantitative estimate of drug-likeness (QED) is 0.601. The van der Waals surface area contributed by atoms with Gasteiger partial charge in [0.05, 0.1) is 22.4 Å². The second kappa shape index (κ2) is 9.42. The summed E-state index contributed by atoms with van der Waals surface area (Å²) in [6.45, 7) is 3.60. The van der Waals surface area contributed by atoms with Crippen molar-refractivity contribution in [1.29, 1.82) is 0 Å². The number of imide groups is 2. The maximum absolute atomic E-state index is 13.9. The first-order valence-corrected chi connectivity index (χ1v) is 12.3. The molecule has 2 N–H and O–H groups in total. The van der Waals surface area contributed by atoms with Gasteiger partial charge in [-0.3, -0.25) is 34.2 Å². The van der Waals surface area contributed by atoms with Crippen LogP contribution in [-0.2, 0) is 9.59 Å². The number of hydrogen-bond acceptors (Lipinski definition) is 6. The highest BCUT2D eigenvalue weighted by Crippen LogP contribution is 2.38. The van der Waals surface area contributed by atoms with Gasteiger partial charge in [-0.25, -0.2) is 4.39 Å². The molecule has 2 saturated heterocycles. The molecule has 1 atom stereocenters. The normalized spacial score (nSPS) is 21.1. The van der Waals surface area contributed by atoms with Gasteiger partial charge < -0.3 is 10.2 Å². The van der Waals surface area contributed by atoms with Crippen LogP contribution in [0.2, 0.25) is 0 Å². The molecule has 0 radical (unpaired) electrons. The molecule has 0 saturated carbocycles. The van der Waals surface area contributed by atoms with Gasteiger partial charge >= 0.3 is 0 Å². The Morgan fingerprint density at radius 3 is 2.49 bits per heavy atom. The van der Waals surface area contributed by atoms with E-state index in [1.807, 2.05) is 4.90 Å². The van der Waals surface area contributed by atoms with E-state index in [-0.39, 0.29) is 34.9 Å². The number of nitrogens with one attached hydrogen (secondary N) is 2. The van der Waals surface area contributed by atoms with Crippen LogP contribution in [0.3, 0.4) is 0 Å². The molecule has 2 aromatic carbocycles. The first kappa shape index (κ1) is 24.6. The summed E-state index contributed by atoms with van der Waals surface area (Å²) in [4.78, 5) is 65.9. The number of amides is 5. The summed E-state index contributed by atoms with van der Waals surface area (Å²) in [5, 5.41) is 5.05. The van der Waals surface area contributed by atoms with Crippen LogP contribution in [-0.4, -0.2) is 60.1 Å². The third-order valence-corrected chi connectivity index (χ3v) is 7.55. The lowest BCUT2D eigenvalue weighted by atomic mass is 9.80. The first-order valence-electron chi connectivity index (χ1n) is 12.3. The number of nitrogens with zero attached hydrogens (tertiary/aromatic N) is 2. The standard InChI is InChI=1S/C27H27FN4O5/c1-27(15-29-23(34)16-5-2-3-7-18(16)28)11-13-31(14-12-27)19-8-4-6-17-22(19)26(37)32(25(17)36)20-9-10-21(33)30-24(20)35/h2-8,20H,9-15H2,1H3,(H,29,34)(H,30,33,35). The lowest BCUT2D eigenvalue weighted by Crippen LogP contribution is -2.54. The first-order chi connectivity index (χ1) is 17.7. The maximum Gasteiger partial charge on any atom is 0.264 e. The lowest BCUT2D eigenvalue weighted by molar-refractivity contribution is -0.136. The third kappa shape index (κ3) is 4.47. The molecule has 0 aromatic heterocycles. The topological polar surface area (TPSA) is 116 Å². The highest BCUT2D eigenvalue weighted by molar-refractivity contribution is 6.25. The minimum atomic E-state index is -1.01. The maximum atomic E-state index is 13.9. The average Bonchev–Trinajstić information content (AvgIpc) is 3.13. The Labute approximate surface area is 213 Å². The fourth-order valence-corrected chi connectivity index (χ4v) is 5.26. The molecule has 2 aromatic rings. The minimum absolute atomic E-state index is 0.00660. The van der Waals surface area contributed by atoms with Gasteiger partial charge in [-0.05, 0) is 48.9 Å². The van der Waals surface area contributed by atoms with Crippen LogP contribution in [0.4, 0.5) is 10.1 Å². The van der Waals surface area contributed by atoms with Crippen molar-refractivity contribution >= 4 is 35.2 Å². The highest BCUT2D eigenvalue weighted by atomic mass is 19.1. The van der Waals surface area contributed by atoms with E-state index >= 15 is 0 Å². The summed E-state index contributed by atoms with van der Waals surface area (Å²) >= 11 is 0. The van der Waals surface area contributed by atoms with Gasteiger partial charge in [-0.15, -0.1) is 0 Å². The smallest absolute Gasteiger partial charge is 0.264 e. The van der Waals surface area contributed by atoms with Crippen LogP contribution in [0.1, 0.15) is 63.7 Å². The van der Waals surface area contributed by atoms with Gasteiger partial charge in [0, 0.05) is 26.1 Å². The van der Waals surface area contributed by atoms with E-state index < -0.39 is 41.4 Å². The Morgan fingerprint density at radius 2 is 1.78 bits per heavy atom. The molecule has 9 nitrogen and oxygen atoms in total. The van der Waals surface area contributed by atoms with Gasteiger partial charge in [0.25, 0.3) is 17.7 Å². The molecular weight excluding hydrogens is 479 g/mol. The number of piperidine rings is 2. The summed E-state index contributed by atoms with van der Waals surface area (Å²) in [6.07, 6.45) is 1.57. The van der Waals surface area contributed by atoms with Crippen LogP contribution in [0.25, 0.3) is 0 Å². The molecule has 5 rings (SSSR count). The minimum Gasteiger partial charge on any atom is -0.371 e. The Bertz CT molecular complexity index is 1320. The molecule has 3 heterocycles. The van der Waals surface area contributed by atoms with Gasteiger partial charge in [-0.2, -0.15) is 0 Å². The molecule has 5 amide bonds. The van der Waals surface area contributed by atoms with Crippen LogP contribution in [0, 0.1) is 11.2 Å². The second-order valence-electron chi connectivity index (χ2n) is 10.1. The summed E-state index contributed by atoms with van der Waals surface area (Å²) < 4.78 is 13.9. The second-order valence-corrected chi connectivity index (χ2v) is 10.1. The van der Waals surface area contributed by atoms with Gasteiger partial charge in [0.1, 0.15) is 11.9 Å². The predicted octanol–water partition coefficient (Wildman–Crippen LogP) is 2.26. The van der Waals surface area contributed by atoms with Crippen LogP contribution >= 0.6 is 0 Å². The fraction of sp³-hybridized carbons (Fsp3) is 0.370. The average molecular weight is 507 g/mol. The number of halogens is 1. The zero-order valence-corrected chi connectivity index (χ0v) is 20.4. The van der Waals surface area contributed by atoms with Crippen LogP contribution < -0.4 is 15.5 Å². The summed E-state index contributed by atoms with van der Waals surface area (Å²) in [5.41, 5.74) is 0.926. The van der Waals surface area contributed by atoms with Crippen molar-refractivity contribution in [3.05, 3.63) is 65.0 Å². The Morgan fingerprint density at radius 1 is 1.05 bits per heavy atom. The van der Waals surface area contributed by atoms with E-state index in [0.29, 0.717) is 38.2 Å². The molecule has 0 spiro atoms. The van der Waals surface area contributed by atoms with E-state index in [1.165, 1.54) is 18.2 Å². The van der Waals surface area contributed by atoms with E-state index in [4.69, 9.17) is 0 Å². The number of benzene rings is 2. The zero-order chi connectivity index (χ0) is 26.3. The SMILES string of the molecule is CC1(CNC(=O)c2ccccc2F)CCN(c2cccc3c2C(=O)N(C2CCC(=O)NC2=O)C3=O)CC1. The molecule has 0 bridgehead atoms. The molecule has 3 aliphatic heterocycles. The Kier molecular flexibility index (Phi) is 6.26. The number of hydrogen-bond donors (Lipinski definition) is 2. The molecule has 0 aliphatic carbocycles. The summed E-state index contributed by atoms with van der Waals surface area (Å²) in [6, 6.07) is 9.92. The van der Waals surface area contributed by atoms with E-state index in [0.717, 1.165) is 4.90 Å². The van der Waals surface area contributed by atoms with E-state index in [9.17, 15) is 28.4 Å². The van der Waals surface area contributed by atoms with Crippen molar-refractivity contribution in [3.8, 4) is 0 Å². The van der Waals surface area contributed by atoms with Crippen LogP contribution in [0.5, 0.6) is 0 Å². The number of fused-ring (bicyclic) bond motifs is 1. The van der Waals surface area contributed by atoms with Crippen molar-refractivity contribution in [2.75, 3.05) is 24.5 Å². The van der Waals surface area contributed by atoms with Crippen molar-refractivity contribution in [3.63, 3.8) is 0 Å². The molecule has 3 aliphatic rings. The summed E-state index contributed by atoms with van der Waals surface area (Å²) in [7, 11) is 0. The van der Waals surface area contributed by atoms with Crippen LogP contribution in [0.15, 0.2) is 42.5 Å². The van der Waals surface area contributed by atoms with Crippen molar-refractivity contribution in [2.45, 2.75) is 38.6 Å². The van der Waals surface area contributed by atoms with Gasteiger partial charge in [-0.1, -0.05) is 25.1 Å². The molecule has 192 valence electrons. The fourth-order valence-electron chi connectivity index (χ4n) is 5.26. The predicted molar refractivity (Wildman–Crippen MR) is 131 cm³/mol. The monoisotopic (exact) mass is 506 g/mol. The van der Waals surface area contributed by atoms with E-state index in [1.54, 1.807) is 24.3 Å². The summed E-state index contributed by atoms with van der Waals surface area (Å²) in [5.74, 6) is -3.15. The zero-order valence-electron chi connectivity index (χ0n) is 20.4.